The number of aryl methyl sites for hydroxylation is 1. The Morgan fingerprint density at radius 3 is 2.53 bits per heavy atom. The Morgan fingerprint density at radius 2 is 1.95 bits per heavy atom. The molecule has 0 aliphatic heterocycles. The predicted octanol–water partition coefficient (Wildman–Crippen LogP) is 3.34. The van der Waals surface area contributed by atoms with Crippen molar-refractivity contribution in [2.24, 2.45) is 0 Å². The molecule has 0 bridgehead atoms. The van der Waals surface area contributed by atoms with Crippen LogP contribution in [0.4, 0.5) is 0 Å². The van der Waals surface area contributed by atoms with Gasteiger partial charge in [0.1, 0.15) is 5.69 Å². The van der Waals surface area contributed by atoms with Crippen LogP contribution in [0.15, 0.2) is 30.5 Å². The third-order valence-electron chi connectivity index (χ3n) is 2.88. The molecule has 0 aliphatic carbocycles. The molecule has 0 fully saturated rings. The van der Waals surface area contributed by atoms with Crippen LogP contribution in [0.3, 0.4) is 0 Å². The molecule has 0 radical (unpaired) electrons. The molecule has 5 heteroatoms. The van der Waals surface area contributed by atoms with Crippen LogP contribution in [0.5, 0.6) is 0 Å². The number of carboxylic acids is 1. The summed E-state index contributed by atoms with van der Waals surface area (Å²) in [5.41, 5.74) is 1.92. The molecular formula is C14H12ClNO3. The number of aromatic carboxylic acids is 1. The Hall–Kier alpha value is -2.07. The molecule has 0 saturated heterocycles. The Kier molecular flexibility index (Phi) is 3.44. The standard InChI is InChI=1S/C14H12ClNO3/c1-8-3-4-11(15)6-12(8)16-7-10(9(2)17)5-13(16)14(18)19/h3-7H,1-2H3,(H,18,19). The second-order valence-electron chi connectivity index (χ2n) is 4.28. The van der Waals surface area contributed by atoms with Crippen molar-refractivity contribution >= 4 is 23.4 Å². The first-order valence-corrected chi connectivity index (χ1v) is 6.01. The zero-order chi connectivity index (χ0) is 14.2. The molecule has 2 aromatic rings. The molecule has 0 aliphatic rings. The van der Waals surface area contributed by atoms with Crippen molar-refractivity contribution in [3.63, 3.8) is 0 Å². The van der Waals surface area contributed by atoms with Gasteiger partial charge in [0.05, 0.1) is 5.69 Å². The first-order valence-electron chi connectivity index (χ1n) is 5.63. The molecule has 0 spiro atoms. The van der Waals surface area contributed by atoms with Crippen LogP contribution in [0.1, 0.15) is 33.3 Å². The minimum Gasteiger partial charge on any atom is -0.477 e. The number of aromatic nitrogens is 1. The smallest absolute Gasteiger partial charge is 0.352 e. The largest absolute Gasteiger partial charge is 0.477 e. The van der Waals surface area contributed by atoms with Gasteiger partial charge in [0, 0.05) is 16.8 Å². The van der Waals surface area contributed by atoms with Gasteiger partial charge in [-0.15, -0.1) is 0 Å². The molecule has 1 N–H and O–H groups in total. The molecule has 98 valence electrons. The molecule has 0 atom stereocenters. The highest BCUT2D eigenvalue weighted by Gasteiger charge is 2.17. The van der Waals surface area contributed by atoms with Crippen molar-refractivity contribution in [2.45, 2.75) is 13.8 Å². The first kappa shape index (κ1) is 13.4. The number of hydrogen-bond acceptors (Lipinski definition) is 2. The highest BCUT2D eigenvalue weighted by molar-refractivity contribution is 6.30. The number of Topliss-reactive ketones (excluding diaryl/α,β-unsaturated/α-hetero) is 1. The van der Waals surface area contributed by atoms with Crippen molar-refractivity contribution < 1.29 is 14.7 Å². The van der Waals surface area contributed by atoms with E-state index in [4.69, 9.17) is 11.6 Å². The zero-order valence-electron chi connectivity index (χ0n) is 10.5. The van der Waals surface area contributed by atoms with Crippen LogP contribution >= 0.6 is 11.6 Å². The summed E-state index contributed by atoms with van der Waals surface area (Å²) < 4.78 is 1.47. The lowest BCUT2D eigenvalue weighted by Gasteiger charge is -2.10. The third-order valence-corrected chi connectivity index (χ3v) is 3.11. The van der Waals surface area contributed by atoms with E-state index < -0.39 is 5.97 Å². The summed E-state index contributed by atoms with van der Waals surface area (Å²) in [6.07, 6.45) is 1.52. The van der Waals surface area contributed by atoms with Crippen molar-refractivity contribution in [3.05, 3.63) is 52.3 Å². The van der Waals surface area contributed by atoms with Crippen molar-refractivity contribution in [2.75, 3.05) is 0 Å². The lowest BCUT2D eigenvalue weighted by molar-refractivity contribution is 0.0688. The highest BCUT2D eigenvalue weighted by atomic mass is 35.5. The van der Waals surface area contributed by atoms with Gasteiger partial charge in [-0.2, -0.15) is 0 Å². The molecule has 0 unspecified atom stereocenters. The predicted molar refractivity (Wildman–Crippen MR) is 72.5 cm³/mol. The van der Waals surface area contributed by atoms with Crippen LogP contribution in [-0.4, -0.2) is 21.4 Å². The highest BCUT2D eigenvalue weighted by Crippen LogP contribution is 2.23. The van der Waals surface area contributed by atoms with Crippen LogP contribution in [0, 0.1) is 6.92 Å². The summed E-state index contributed by atoms with van der Waals surface area (Å²) in [4.78, 5) is 22.6. The van der Waals surface area contributed by atoms with E-state index in [1.807, 2.05) is 6.92 Å². The van der Waals surface area contributed by atoms with Gasteiger partial charge < -0.3 is 9.67 Å². The second kappa shape index (κ2) is 4.90. The van der Waals surface area contributed by atoms with Gasteiger partial charge in [-0.25, -0.2) is 4.79 Å². The van der Waals surface area contributed by atoms with Crippen molar-refractivity contribution in [1.82, 2.24) is 4.57 Å². The maximum absolute atomic E-state index is 11.4. The van der Waals surface area contributed by atoms with E-state index in [-0.39, 0.29) is 11.5 Å². The molecule has 1 aromatic heterocycles. The minimum absolute atomic E-state index is 0.0376. The van der Waals surface area contributed by atoms with Gasteiger partial charge in [0.25, 0.3) is 0 Å². The number of nitrogens with zero attached hydrogens (tertiary/aromatic N) is 1. The van der Waals surface area contributed by atoms with Gasteiger partial charge in [-0.3, -0.25) is 4.79 Å². The van der Waals surface area contributed by atoms with Crippen LogP contribution in [0.2, 0.25) is 5.02 Å². The lowest BCUT2D eigenvalue weighted by atomic mass is 10.2. The van der Waals surface area contributed by atoms with Gasteiger partial charge in [-0.05, 0) is 37.6 Å². The number of carboxylic acid groups (broad SMARTS) is 1. The summed E-state index contributed by atoms with van der Waals surface area (Å²) in [6.45, 7) is 3.25. The number of carbonyl (C=O) groups is 2. The van der Waals surface area contributed by atoms with E-state index in [2.05, 4.69) is 0 Å². The van der Waals surface area contributed by atoms with Gasteiger partial charge in [-0.1, -0.05) is 17.7 Å². The zero-order valence-corrected chi connectivity index (χ0v) is 11.2. The Labute approximate surface area is 115 Å². The van der Waals surface area contributed by atoms with Gasteiger partial charge in [0.2, 0.25) is 0 Å². The van der Waals surface area contributed by atoms with E-state index in [1.165, 1.54) is 23.8 Å². The SMILES string of the molecule is CC(=O)c1cc(C(=O)O)n(-c2cc(Cl)ccc2C)c1. The lowest BCUT2D eigenvalue weighted by Crippen LogP contribution is -2.06. The summed E-state index contributed by atoms with van der Waals surface area (Å²) >= 11 is 5.94. The average Bonchev–Trinajstić information content (AvgIpc) is 2.77. The third kappa shape index (κ3) is 2.53. The number of ketones is 1. The van der Waals surface area contributed by atoms with E-state index >= 15 is 0 Å². The molecule has 4 nitrogen and oxygen atoms in total. The number of benzene rings is 1. The molecule has 19 heavy (non-hydrogen) atoms. The molecular weight excluding hydrogens is 266 g/mol. The van der Waals surface area contributed by atoms with Crippen LogP contribution in [-0.2, 0) is 0 Å². The maximum atomic E-state index is 11.4. The first-order chi connectivity index (χ1) is 8.90. The van der Waals surface area contributed by atoms with Crippen LogP contribution in [0.25, 0.3) is 5.69 Å². The molecule has 1 heterocycles. The number of rotatable bonds is 3. The summed E-state index contributed by atoms with van der Waals surface area (Å²) in [6, 6.07) is 6.57. The fraction of sp³-hybridized carbons (Fsp3) is 0.143. The van der Waals surface area contributed by atoms with E-state index in [0.717, 1.165) is 5.56 Å². The summed E-state index contributed by atoms with van der Waals surface area (Å²) in [5.74, 6) is -1.27. The van der Waals surface area contributed by atoms with E-state index in [1.54, 1.807) is 18.2 Å². The molecule has 0 saturated carbocycles. The average molecular weight is 278 g/mol. The number of halogens is 1. The Balaban J connectivity index is 2.70. The minimum atomic E-state index is -1.09. The van der Waals surface area contributed by atoms with Crippen LogP contribution < -0.4 is 0 Å². The summed E-state index contributed by atoms with van der Waals surface area (Å²) in [7, 11) is 0. The quantitative estimate of drug-likeness (QED) is 0.875. The van der Waals surface area contributed by atoms with E-state index in [0.29, 0.717) is 16.3 Å². The van der Waals surface area contributed by atoms with E-state index in [9.17, 15) is 14.7 Å². The molecule has 2 rings (SSSR count). The van der Waals surface area contributed by atoms with Crippen molar-refractivity contribution in [3.8, 4) is 5.69 Å². The fourth-order valence-electron chi connectivity index (χ4n) is 1.86. The monoisotopic (exact) mass is 277 g/mol. The second-order valence-corrected chi connectivity index (χ2v) is 4.71. The summed E-state index contributed by atoms with van der Waals surface area (Å²) in [5, 5.41) is 9.73. The van der Waals surface area contributed by atoms with Crippen molar-refractivity contribution in [1.29, 1.82) is 0 Å². The topological polar surface area (TPSA) is 59.3 Å². The normalized spacial score (nSPS) is 10.5. The number of carbonyl (C=O) groups excluding carboxylic acids is 1. The maximum Gasteiger partial charge on any atom is 0.352 e. The van der Waals surface area contributed by atoms with Gasteiger partial charge in [0.15, 0.2) is 5.78 Å². The number of hydrogen-bond donors (Lipinski definition) is 1. The van der Waals surface area contributed by atoms with Gasteiger partial charge >= 0.3 is 5.97 Å². The fourth-order valence-corrected chi connectivity index (χ4v) is 2.03. The Bertz CT molecular complexity index is 673. The molecule has 0 amide bonds. The molecule has 1 aromatic carbocycles. The Morgan fingerprint density at radius 1 is 1.26 bits per heavy atom.